The van der Waals surface area contributed by atoms with Gasteiger partial charge in [0.15, 0.2) is 17.9 Å². The summed E-state index contributed by atoms with van der Waals surface area (Å²) >= 11 is 0. The Morgan fingerprint density at radius 3 is 2.69 bits per heavy atom. The molecule has 5 nitrogen and oxygen atoms in total. The number of hydrogen-bond acceptors (Lipinski definition) is 5. The molecule has 0 saturated heterocycles. The average Bonchev–Trinajstić information content (AvgIpc) is 2.84. The first kappa shape index (κ1) is 10.5. The van der Waals surface area contributed by atoms with E-state index in [1.165, 1.54) is 6.39 Å². The third-order valence-electron chi connectivity index (χ3n) is 2.01. The number of aromatic nitrogens is 3. The van der Waals surface area contributed by atoms with E-state index in [2.05, 4.69) is 15.1 Å². The van der Waals surface area contributed by atoms with Crippen LogP contribution in [0.25, 0.3) is 17.3 Å². The Hall–Kier alpha value is -1.98. The average molecular weight is 223 g/mol. The van der Waals surface area contributed by atoms with Crippen molar-refractivity contribution in [3.05, 3.63) is 23.6 Å². The van der Waals surface area contributed by atoms with E-state index in [-0.39, 0.29) is 11.7 Å². The Kier molecular flexibility index (Phi) is 2.55. The molecule has 0 aromatic carbocycles. The fraction of sp³-hybridized carbons (Fsp3) is 0.300. The first-order valence-corrected chi connectivity index (χ1v) is 4.67. The van der Waals surface area contributed by atoms with Gasteiger partial charge in [0.1, 0.15) is 5.76 Å². The lowest BCUT2D eigenvalue weighted by atomic mass is 10.3. The Morgan fingerprint density at radius 1 is 1.38 bits per heavy atom. The van der Waals surface area contributed by atoms with Gasteiger partial charge in [-0.1, -0.05) is 5.16 Å². The highest BCUT2D eigenvalue weighted by molar-refractivity contribution is 5.57. The third kappa shape index (κ3) is 1.73. The molecule has 0 amide bonds. The second-order valence-corrected chi connectivity index (χ2v) is 3.49. The van der Waals surface area contributed by atoms with Gasteiger partial charge in [-0.15, -0.1) is 0 Å². The minimum atomic E-state index is -0.514. The monoisotopic (exact) mass is 223 g/mol. The molecule has 84 valence electrons. The van der Waals surface area contributed by atoms with Crippen LogP contribution in [0.2, 0.25) is 0 Å². The molecule has 0 atom stereocenters. The molecule has 16 heavy (non-hydrogen) atoms. The van der Waals surface area contributed by atoms with E-state index in [4.69, 9.17) is 8.94 Å². The van der Waals surface area contributed by atoms with Crippen molar-refractivity contribution in [1.29, 1.82) is 0 Å². The number of rotatable bonds is 2. The molecule has 2 rings (SSSR count). The molecule has 6 heteroatoms. The molecule has 0 unspecified atom stereocenters. The van der Waals surface area contributed by atoms with Crippen LogP contribution in [-0.2, 0) is 0 Å². The van der Waals surface area contributed by atoms with Gasteiger partial charge in [-0.05, 0) is 26.3 Å². The van der Waals surface area contributed by atoms with Crippen LogP contribution < -0.4 is 0 Å². The van der Waals surface area contributed by atoms with E-state index in [9.17, 15) is 4.39 Å². The molecule has 2 aromatic heterocycles. The topological polar surface area (TPSA) is 65.0 Å². The lowest BCUT2D eigenvalue weighted by Crippen LogP contribution is -1.84. The predicted octanol–water partition coefficient (Wildman–Crippen LogP) is 2.75. The lowest BCUT2D eigenvalue weighted by molar-refractivity contribution is 0.397. The van der Waals surface area contributed by atoms with Gasteiger partial charge in [0.2, 0.25) is 5.82 Å². The molecule has 0 aliphatic rings. The largest absolute Gasteiger partial charge is 0.448 e. The van der Waals surface area contributed by atoms with Crippen molar-refractivity contribution in [2.75, 3.05) is 0 Å². The number of halogens is 1. The lowest BCUT2D eigenvalue weighted by Gasteiger charge is -1.90. The number of oxazole rings is 1. The van der Waals surface area contributed by atoms with Gasteiger partial charge in [-0.2, -0.15) is 4.98 Å². The van der Waals surface area contributed by atoms with Crippen molar-refractivity contribution in [3.63, 3.8) is 0 Å². The maximum Gasteiger partial charge on any atom is 0.286 e. The SMILES string of the molecule is CC(C)=C(F)c1nc(-c2ncoc2C)no1. The van der Waals surface area contributed by atoms with Gasteiger partial charge in [0.25, 0.3) is 5.89 Å². The smallest absolute Gasteiger partial charge is 0.286 e. The van der Waals surface area contributed by atoms with E-state index in [0.717, 1.165) is 0 Å². The summed E-state index contributed by atoms with van der Waals surface area (Å²) in [5.74, 6) is 0.125. The zero-order valence-corrected chi connectivity index (χ0v) is 9.11. The zero-order valence-electron chi connectivity index (χ0n) is 9.11. The fourth-order valence-corrected chi connectivity index (χ4v) is 1.14. The quantitative estimate of drug-likeness (QED) is 0.783. The van der Waals surface area contributed by atoms with Crippen LogP contribution in [0.1, 0.15) is 25.5 Å². The van der Waals surface area contributed by atoms with Crippen LogP contribution in [0.15, 0.2) is 20.9 Å². The van der Waals surface area contributed by atoms with Crippen LogP contribution in [0.3, 0.4) is 0 Å². The second-order valence-electron chi connectivity index (χ2n) is 3.49. The van der Waals surface area contributed by atoms with Crippen molar-refractivity contribution in [2.45, 2.75) is 20.8 Å². The number of allylic oxidation sites excluding steroid dienone is 1. The van der Waals surface area contributed by atoms with Crippen LogP contribution >= 0.6 is 0 Å². The van der Waals surface area contributed by atoms with Gasteiger partial charge >= 0.3 is 0 Å². The van der Waals surface area contributed by atoms with Crippen molar-refractivity contribution in [1.82, 2.24) is 15.1 Å². The minimum Gasteiger partial charge on any atom is -0.448 e. The molecule has 2 heterocycles. The Bertz CT molecular complexity index is 538. The standard InChI is InChI=1S/C10H10FN3O2/c1-5(2)7(11)10-13-9(14-16-10)8-6(3)15-4-12-8/h4H,1-3H3. The fourth-order valence-electron chi connectivity index (χ4n) is 1.14. The van der Waals surface area contributed by atoms with Gasteiger partial charge in [0.05, 0.1) is 0 Å². The molecular weight excluding hydrogens is 213 g/mol. The normalized spacial score (nSPS) is 10.5. The van der Waals surface area contributed by atoms with Gasteiger partial charge < -0.3 is 8.94 Å². The first-order chi connectivity index (χ1) is 7.59. The molecule has 0 fully saturated rings. The summed E-state index contributed by atoms with van der Waals surface area (Å²) in [7, 11) is 0. The molecule has 0 saturated carbocycles. The zero-order chi connectivity index (χ0) is 11.7. The van der Waals surface area contributed by atoms with E-state index >= 15 is 0 Å². The van der Waals surface area contributed by atoms with Crippen LogP contribution in [0, 0.1) is 6.92 Å². The summed E-state index contributed by atoms with van der Waals surface area (Å²) in [6.07, 6.45) is 1.28. The van der Waals surface area contributed by atoms with Gasteiger partial charge in [0, 0.05) is 0 Å². The summed E-state index contributed by atoms with van der Waals surface area (Å²) in [5.41, 5.74) is 0.934. The van der Waals surface area contributed by atoms with E-state index in [0.29, 0.717) is 17.0 Å². The van der Waals surface area contributed by atoms with E-state index in [1.807, 2.05) is 0 Å². The molecule has 0 aliphatic carbocycles. The maximum atomic E-state index is 13.5. The van der Waals surface area contributed by atoms with Crippen LogP contribution in [-0.4, -0.2) is 15.1 Å². The van der Waals surface area contributed by atoms with Crippen molar-refractivity contribution >= 4 is 5.83 Å². The Labute approximate surface area is 91.0 Å². The maximum absolute atomic E-state index is 13.5. The molecule has 0 radical (unpaired) electrons. The molecule has 0 aliphatic heterocycles. The summed E-state index contributed by atoms with van der Waals surface area (Å²) in [6, 6.07) is 0. The molecular formula is C10H10FN3O2. The third-order valence-corrected chi connectivity index (χ3v) is 2.01. The molecule has 0 spiro atoms. The number of hydrogen-bond donors (Lipinski definition) is 0. The van der Waals surface area contributed by atoms with Gasteiger partial charge in [-0.3, -0.25) is 0 Å². The summed E-state index contributed by atoms with van der Waals surface area (Å²) in [6.45, 7) is 4.97. The van der Waals surface area contributed by atoms with Crippen LogP contribution in [0.5, 0.6) is 0 Å². The molecule has 0 N–H and O–H groups in total. The highest BCUT2D eigenvalue weighted by Gasteiger charge is 2.17. The van der Waals surface area contributed by atoms with Gasteiger partial charge in [-0.25, -0.2) is 9.37 Å². The Morgan fingerprint density at radius 2 is 2.12 bits per heavy atom. The summed E-state index contributed by atoms with van der Waals surface area (Å²) in [5, 5.41) is 3.64. The van der Waals surface area contributed by atoms with Crippen molar-refractivity contribution < 1.29 is 13.3 Å². The predicted molar refractivity (Wildman–Crippen MR) is 53.9 cm³/mol. The molecule has 2 aromatic rings. The summed E-state index contributed by atoms with van der Waals surface area (Å²) in [4.78, 5) is 7.81. The Balaban J connectivity index is 2.41. The van der Waals surface area contributed by atoms with Crippen molar-refractivity contribution in [2.24, 2.45) is 0 Å². The molecule has 0 bridgehead atoms. The first-order valence-electron chi connectivity index (χ1n) is 4.67. The highest BCUT2D eigenvalue weighted by Crippen LogP contribution is 2.23. The number of nitrogens with zero attached hydrogens (tertiary/aromatic N) is 3. The van der Waals surface area contributed by atoms with Crippen LogP contribution in [0.4, 0.5) is 4.39 Å². The number of aryl methyl sites for hydroxylation is 1. The minimum absolute atomic E-state index is 0.141. The second kappa shape index (κ2) is 3.88. The van der Waals surface area contributed by atoms with E-state index in [1.54, 1.807) is 20.8 Å². The van der Waals surface area contributed by atoms with E-state index < -0.39 is 5.83 Å². The highest BCUT2D eigenvalue weighted by atomic mass is 19.1. The van der Waals surface area contributed by atoms with Crippen molar-refractivity contribution in [3.8, 4) is 11.5 Å². The summed E-state index contributed by atoms with van der Waals surface area (Å²) < 4.78 is 23.2.